The monoisotopic (exact) mass is 318 g/mol. The molecule has 1 aromatic rings. The number of carbonyl (C=O) groups excluding carboxylic acids is 1. The predicted octanol–water partition coefficient (Wildman–Crippen LogP) is 2.29. The molecule has 2 fully saturated rings. The fourth-order valence-corrected chi connectivity index (χ4v) is 3.35. The summed E-state index contributed by atoms with van der Waals surface area (Å²) in [6.45, 7) is 4.77. The van der Waals surface area contributed by atoms with Gasteiger partial charge in [0, 0.05) is 44.1 Å². The van der Waals surface area contributed by atoms with E-state index in [-0.39, 0.29) is 17.6 Å². The highest BCUT2D eigenvalue weighted by molar-refractivity contribution is 5.94. The summed E-state index contributed by atoms with van der Waals surface area (Å²) in [6, 6.07) is 3.23. The number of aromatic nitrogens is 1. The molecule has 2 aliphatic rings. The highest BCUT2D eigenvalue weighted by atomic mass is 16.5. The SMILES string of the molecule is CCn1ccc(C(=O)N(CC2CCC2)CC2CCCO2)cc1=O. The minimum absolute atomic E-state index is 0.0345. The molecule has 0 aromatic carbocycles. The molecule has 23 heavy (non-hydrogen) atoms. The minimum Gasteiger partial charge on any atom is -0.376 e. The highest BCUT2D eigenvalue weighted by Crippen LogP contribution is 2.28. The summed E-state index contributed by atoms with van der Waals surface area (Å²) >= 11 is 0. The highest BCUT2D eigenvalue weighted by Gasteiger charge is 2.28. The van der Waals surface area contributed by atoms with Crippen LogP contribution in [0.4, 0.5) is 0 Å². The second-order valence-corrected chi connectivity index (χ2v) is 6.68. The van der Waals surface area contributed by atoms with Crippen molar-refractivity contribution in [2.45, 2.75) is 51.7 Å². The van der Waals surface area contributed by atoms with E-state index in [1.807, 2.05) is 11.8 Å². The van der Waals surface area contributed by atoms with Crippen LogP contribution in [0.5, 0.6) is 0 Å². The number of ether oxygens (including phenoxy) is 1. The van der Waals surface area contributed by atoms with Crippen molar-refractivity contribution < 1.29 is 9.53 Å². The van der Waals surface area contributed by atoms with Gasteiger partial charge in [-0.3, -0.25) is 9.59 Å². The topological polar surface area (TPSA) is 51.5 Å². The molecule has 5 nitrogen and oxygen atoms in total. The first kappa shape index (κ1) is 16.2. The van der Waals surface area contributed by atoms with Gasteiger partial charge in [0.1, 0.15) is 0 Å². The molecule has 1 atom stereocenters. The first-order valence-corrected chi connectivity index (χ1v) is 8.78. The molecular formula is C18H26N2O3. The number of amides is 1. The smallest absolute Gasteiger partial charge is 0.254 e. The summed E-state index contributed by atoms with van der Waals surface area (Å²) in [5.41, 5.74) is 0.385. The predicted molar refractivity (Wildman–Crippen MR) is 88.6 cm³/mol. The summed E-state index contributed by atoms with van der Waals surface area (Å²) in [5, 5.41) is 0. The van der Waals surface area contributed by atoms with E-state index < -0.39 is 0 Å². The molecule has 0 radical (unpaired) electrons. The van der Waals surface area contributed by atoms with Crippen LogP contribution in [0.3, 0.4) is 0 Å². The summed E-state index contributed by atoms with van der Waals surface area (Å²) in [6.07, 6.45) is 7.62. The van der Waals surface area contributed by atoms with Gasteiger partial charge in [-0.25, -0.2) is 0 Å². The van der Waals surface area contributed by atoms with Gasteiger partial charge in [0.15, 0.2) is 0 Å². The fraction of sp³-hybridized carbons (Fsp3) is 0.667. The van der Waals surface area contributed by atoms with Gasteiger partial charge in [-0.05, 0) is 44.6 Å². The van der Waals surface area contributed by atoms with Crippen molar-refractivity contribution in [1.29, 1.82) is 0 Å². The van der Waals surface area contributed by atoms with Gasteiger partial charge in [0.25, 0.3) is 11.5 Å². The molecule has 1 saturated carbocycles. The molecule has 2 heterocycles. The van der Waals surface area contributed by atoms with Crippen molar-refractivity contribution in [3.63, 3.8) is 0 Å². The number of hydrogen-bond donors (Lipinski definition) is 0. The van der Waals surface area contributed by atoms with E-state index in [9.17, 15) is 9.59 Å². The molecule has 1 amide bonds. The molecule has 3 rings (SSSR count). The molecule has 1 aromatic heterocycles. The van der Waals surface area contributed by atoms with Crippen molar-refractivity contribution in [3.05, 3.63) is 34.2 Å². The Morgan fingerprint density at radius 2 is 2.13 bits per heavy atom. The van der Waals surface area contributed by atoms with Gasteiger partial charge in [-0.1, -0.05) is 6.42 Å². The largest absolute Gasteiger partial charge is 0.376 e. The average Bonchev–Trinajstić information content (AvgIpc) is 3.01. The van der Waals surface area contributed by atoms with E-state index in [1.165, 1.54) is 25.3 Å². The minimum atomic E-state index is -0.112. The van der Waals surface area contributed by atoms with Gasteiger partial charge >= 0.3 is 0 Å². The third-order valence-corrected chi connectivity index (χ3v) is 5.02. The van der Waals surface area contributed by atoms with Gasteiger partial charge < -0.3 is 14.2 Å². The molecular weight excluding hydrogens is 292 g/mol. The van der Waals surface area contributed by atoms with Crippen molar-refractivity contribution in [1.82, 2.24) is 9.47 Å². The zero-order valence-corrected chi connectivity index (χ0v) is 13.9. The number of rotatable bonds is 6. The summed E-state index contributed by atoms with van der Waals surface area (Å²) in [4.78, 5) is 26.8. The quantitative estimate of drug-likeness (QED) is 0.808. The van der Waals surface area contributed by atoms with Gasteiger partial charge in [-0.15, -0.1) is 0 Å². The molecule has 0 spiro atoms. The lowest BCUT2D eigenvalue weighted by molar-refractivity contribution is 0.0447. The van der Waals surface area contributed by atoms with Crippen LogP contribution in [0.2, 0.25) is 0 Å². The van der Waals surface area contributed by atoms with Gasteiger partial charge in [0.2, 0.25) is 0 Å². The Morgan fingerprint density at radius 1 is 1.30 bits per heavy atom. The molecule has 5 heteroatoms. The van der Waals surface area contributed by atoms with Crippen LogP contribution in [0.25, 0.3) is 0 Å². The molecule has 1 saturated heterocycles. The summed E-state index contributed by atoms with van der Waals surface area (Å²) in [5.74, 6) is 0.573. The van der Waals surface area contributed by atoms with Crippen LogP contribution < -0.4 is 5.56 Å². The van der Waals surface area contributed by atoms with Crippen LogP contribution in [-0.4, -0.2) is 41.2 Å². The average molecular weight is 318 g/mol. The molecule has 1 aliphatic heterocycles. The van der Waals surface area contributed by atoms with Crippen LogP contribution in [-0.2, 0) is 11.3 Å². The lowest BCUT2D eigenvalue weighted by Crippen LogP contribution is -2.42. The lowest BCUT2D eigenvalue weighted by atomic mass is 9.85. The Balaban J connectivity index is 1.74. The number of aryl methyl sites for hydroxylation is 1. The molecule has 126 valence electrons. The van der Waals surface area contributed by atoms with Crippen molar-refractivity contribution in [3.8, 4) is 0 Å². The molecule has 1 aliphatic carbocycles. The van der Waals surface area contributed by atoms with Crippen LogP contribution in [0, 0.1) is 5.92 Å². The Labute approximate surface area is 137 Å². The normalized spacial score (nSPS) is 21.2. The summed E-state index contributed by atoms with van der Waals surface area (Å²) < 4.78 is 7.31. The first-order valence-electron chi connectivity index (χ1n) is 8.78. The van der Waals surface area contributed by atoms with Crippen LogP contribution in [0.1, 0.15) is 49.4 Å². The Hall–Kier alpha value is -1.62. The third-order valence-electron chi connectivity index (χ3n) is 5.02. The summed E-state index contributed by atoms with van der Waals surface area (Å²) in [7, 11) is 0. The lowest BCUT2D eigenvalue weighted by Gasteiger charge is -2.33. The first-order chi connectivity index (χ1) is 11.2. The second kappa shape index (κ2) is 7.30. The van der Waals surface area contributed by atoms with Crippen molar-refractivity contribution in [2.75, 3.05) is 19.7 Å². The molecule has 1 unspecified atom stereocenters. The number of nitrogens with zero attached hydrogens (tertiary/aromatic N) is 2. The maximum absolute atomic E-state index is 12.9. The Bertz CT molecular complexity index is 601. The van der Waals surface area contributed by atoms with E-state index in [0.29, 0.717) is 24.6 Å². The maximum atomic E-state index is 12.9. The van der Waals surface area contributed by atoms with E-state index in [0.717, 1.165) is 26.0 Å². The van der Waals surface area contributed by atoms with Crippen molar-refractivity contribution in [2.24, 2.45) is 5.92 Å². The van der Waals surface area contributed by atoms with E-state index in [2.05, 4.69) is 0 Å². The van der Waals surface area contributed by atoms with E-state index in [4.69, 9.17) is 4.74 Å². The zero-order valence-electron chi connectivity index (χ0n) is 13.9. The Morgan fingerprint density at radius 3 is 2.70 bits per heavy atom. The number of hydrogen-bond acceptors (Lipinski definition) is 3. The fourth-order valence-electron chi connectivity index (χ4n) is 3.35. The van der Waals surface area contributed by atoms with Gasteiger partial charge in [0.05, 0.1) is 6.10 Å². The van der Waals surface area contributed by atoms with Crippen molar-refractivity contribution >= 4 is 5.91 Å². The molecule has 0 bridgehead atoms. The van der Waals surface area contributed by atoms with Gasteiger partial charge in [-0.2, -0.15) is 0 Å². The van der Waals surface area contributed by atoms with E-state index >= 15 is 0 Å². The Kier molecular flexibility index (Phi) is 5.16. The second-order valence-electron chi connectivity index (χ2n) is 6.68. The maximum Gasteiger partial charge on any atom is 0.254 e. The standard InChI is InChI=1S/C18H26N2O3/c1-2-19-9-8-15(11-17(19)21)18(22)20(12-14-5-3-6-14)13-16-7-4-10-23-16/h8-9,11,14,16H,2-7,10,12-13H2,1H3. The number of carbonyl (C=O) groups is 1. The third kappa shape index (κ3) is 3.83. The molecule has 0 N–H and O–H groups in total. The van der Waals surface area contributed by atoms with E-state index in [1.54, 1.807) is 16.8 Å². The van der Waals surface area contributed by atoms with Crippen LogP contribution in [0.15, 0.2) is 23.1 Å². The number of pyridine rings is 1. The zero-order chi connectivity index (χ0) is 16.2. The van der Waals surface area contributed by atoms with Crippen LogP contribution >= 0.6 is 0 Å².